The maximum Gasteiger partial charge on any atom is 0.115 e. The smallest absolute Gasteiger partial charge is 0.115 e. The van der Waals surface area contributed by atoms with Gasteiger partial charge in [0.05, 0.1) is 5.69 Å². The van der Waals surface area contributed by atoms with Crippen molar-refractivity contribution in [3.05, 3.63) is 72.1 Å². The maximum absolute atomic E-state index is 10.4. The predicted octanol–water partition coefficient (Wildman–Crippen LogP) is 3.22. The standard InChI is InChI=1S/C17H15NO2/c19-14-7-5-12(6-8-14)11-16(20)17-15-4-2-1-3-13(15)9-10-18-17/h1-10,16,19-20H,11H2. The predicted molar refractivity (Wildman–Crippen MR) is 78.5 cm³/mol. The molecular formula is C17H15NO2. The van der Waals surface area contributed by atoms with Gasteiger partial charge in [-0.15, -0.1) is 0 Å². The summed E-state index contributed by atoms with van der Waals surface area (Å²) in [7, 11) is 0. The van der Waals surface area contributed by atoms with Gasteiger partial charge >= 0.3 is 0 Å². The Balaban J connectivity index is 1.92. The molecule has 0 bridgehead atoms. The molecule has 2 N–H and O–H groups in total. The molecule has 0 fully saturated rings. The Morgan fingerprint density at radius 1 is 0.950 bits per heavy atom. The van der Waals surface area contributed by atoms with E-state index in [-0.39, 0.29) is 5.75 Å². The van der Waals surface area contributed by atoms with E-state index in [0.717, 1.165) is 16.3 Å². The van der Waals surface area contributed by atoms with E-state index in [9.17, 15) is 10.2 Å². The van der Waals surface area contributed by atoms with Crippen molar-refractivity contribution < 1.29 is 10.2 Å². The van der Waals surface area contributed by atoms with Gasteiger partial charge in [0.15, 0.2) is 0 Å². The molecule has 0 aliphatic heterocycles. The molecule has 0 radical (unpaired) electrons. The first-order valence-electron chi connectivity index (χ1n) is 6.53. The molecule has 100 valence electrons. The Morgan fingerprint density at radius 2 is 1.70 bits per heavy atom. The van der Waals surface area contributed by atoms with Gasteiger partial charge in [0.2, 0.25) is 0 Å². The fraction of sp³-hybridized carbons (Fsp3) is 0.118. The fourth-order valence-electron chi connectivity index (χ4n) is 2.36. The van der Waals surface area contributed by atoms with Crippen LogP contribution in [-0.2, 0) is 6.42 Å². The van der Waals surface area contributed by atoms with E-state index in [4.69, 9.17) is 0 Å². The molecular weight excluding hydrogens is 250 g/mol. The molecule has 1 atom stereocenters. The molecule has 3 nitrogen and oxygen atoms in total. The summed E-state index contributed by atoms with van der Waals surface area (Å²) in [6.45, 7) is 0. The van der Waals surface area contributed by atoms with E-state index in [2.05, 4.69) is 4.98 Å². The number of fused-ring (bicyclic) bond motifs is 1. The van der Waals surface area contributed by atoms with Gasteiger partial charge < -0.3 is 10.2 Å². The molecule has 0 spiro atoms. The third-order valence-corrected chi connectivity index (χ3v) is 3.39. The maximum atomic E-state index is 10.4. The van der Waals surface area contributed by atoms with Crippen molar-refractivity contribution >= 4 is 10.8 Å². The second-order valence-corrected chi connectivity index (χ2v) is 4.80. The van der Waals surface area contributed by atoms with Crippen LogP contribution in [0.2, 0.25) is 0 Å². The zero-order valence-electron chi connectivity index (χ0n) is 10.9. The number of aromatic hydroxyl groups is 1. The quantitative estimate of drug-likeness (QED) is 0.764. The van der Waals surface area contributed by atoms with Crippen LogP contribution >= 0.6 is 0 Å². The molecule has 20 heavy (non-hydrogen) atoms. The van der Waals surface area contributed by atoms with Gasteiger partial charge in [-0.3, -0.25) is 4.98 Å². The van der Waals surface area contributed by atoms with Gasteiger partial charge in [-0.05, 0) is 29.1 Å². The topological polar surface area (TPSA) is 53.4 Å². The number of benzene rings is 2. The van der Waals surface area contributed by atoms with E-state index >= 15 is 0 Å². The normalized spacial score (nSPS) is 12.4. The first kappa shape index (κ1) is 12.6. The third-order valence-electron chi connectivity index (χ3n) is 3.39. The molecule has 0 saturated heterocycles. The van der Waals surface area contributed by atoms with Crippen molar-refractivity contribution in [1.29, 1.82) is 0 Å². The van der Waals surface area contributed by atoms with Gasteiger partial charge in [0.25, 0.3) is 0 Å². The number of hydrogen-bond donors (Lipinski definition) is 2. The van der Waals surface area contributed by atoms with Gasteiger partial charge in [-0.2, -0.15) is 0 Å². The molecule has 0 amide bonds. The number of aromatic nitrogens is 1. The molecule has 3 heteroatoms. The number of aliphatic hydroxyl groups excluding tert-OH is 1. The molecule has 3 aromatic rings. The second kappa shape index (κ2) is 5.31. The molecule has 0 saturated carbocycles. The van der Waals surface area contributed by atoms with E-state index in [1.165, 1.54) is 0 Å². The van der Waals surface area contributed by atoms with Gasteiger partial charge in [0, 0.05) is 18.0 Å². The molecule has 1 aromatic heterocycles. The summed E-state index contributed by atoms with van der Waals surface area (Å²) in [6.07, 6.45) is 1.53. The zero-order valence-corrected chi connectivity index (χ0v) is 10.9. The summed E-state index contributed by atoms with van der Waals surface area (Å²) in [6, 6.07) is 16.7. The molecule has 1 heterocycles. The van der Waals surface area contributed by atoms with Crippen molar-refractivity contribution in [2.45, 2.75) is 12.5 Å². The minimum Gasteiger partial charge on any atom is -0.508 e. The van der Waals surface area contributed by atoms with Crippen LogP contribution in [0.15, 0.2) is 60.8 Å². The average Bonchev–Trinajstić information content (AvgIpc) is 2.49. The summed E-state index contributed by atoms with van der Waals surface area (Å²) < 4.78 is 0. The van der Waals surface area contributed by atoms with Crippen LogP contribution in [0, 0.1) is 0 Å². The Kier molecular flexibility index (Phi) is 3.35. The highest BCUT2D eigenvalue weighted by atomic mass is 16.3. The van der Waals surface area contributed by atoms with Crippen LogP contribution in [-0.4, -0.2) is 15.2 Å². The first-order chi connectivity index (χ1) is 9.74. The number of phenolic OH excluding ortho intramolecular Hbond substituents is 1. The number of aliphatic hydroxyl groups is 1. The highest BCUT2D eigenvalue weighted by Crippen LogP contribution is 2.25. The molecule has 2 aromatic carbocycles. The summed E-state index contributed by atoms with van der Waals surface area (Å²) in [5.74, 6) is 0.228. The van der Waals surface area contributed by atoms with Crippen LogP contribution in [0.25, 0.3) is 10.8 Å². The summed E-state index contributed by atoms with van der Waals surface area (Å²) >= 11 is 0. The molecule has 3 rings (SSSR count). The van der Waals surface area contributed by atoms with E-state index in [0.29, 0.717) is 12.1 Å². The van der Waals surface area contributed by atoms with E-state index in [1.54, 1.807) is 18.3 Å². The molecule has 0 aliphatic rings. The minimum atomic E-state index is -0.661. The van der Waals surface area contributed by atoms with Gasteiger partial charge in [-0.25, -0.2) is 0 Å². The van der Waals surface area contributed by atoms with E-state index in [1.807, 2.05) is 42.5 Å². The van der Waals surface area contributed by atoms with Crippen LogP contribution in [0.5, 0.6) is 5.75 Å². The van der Waals surface area contributed by atoms with Crippen LogP contribution in [0.4, 0.5) is 0 Å². The fourth-order valence-corrected chi connectivity index (χ4v) is 2.36. The van der Waals surface area contributed by atoms with Crippen molar-refractivity contribution in [1.82, 2.24) is 4.98 Å². The Hall–Kier alpha value is -2.39. The summed E-state index contributed by atoms with van der Waals surface area (Å²) in [4.78, 5) is 4.32. The summed E-state index contributed by atoms with van der Waals surface area (Å²) in [5.41, 5.74) is 1.65. The van der Waals surface area contributed by atoms with Gasteiger partial charge in [0.1, 0.15) is 11.9 Å². The van der Waals surface area contributed by atoms with Crippen molar-refractivity contribution in [2.75, 3.05) is 0 Å². The summed E-state index contributed by atoms with van der Waals surface area (Å²) in [5, 5.41) is 21.7. The lowest BCUT2D eigenvalue weighted by Gasteiger charge is -2.12. The Bertz CT molecular complexity index is 717. The van der Waals surface area contributed by atoms with Gasteiger partial charge in [-0.1, -0.05) is 36.4 Å². The zero-order chi connectivity index (χ0) is 13.9. The lowest BCUT2D eigenvalue weighted by Crippen LogP contribution is -2.04. The van der Waals surface area contributed by atoms with Crippen molar-refractivity contribution in [3.8, 4) is 5.75 Å². The molecule has 0 aliphatic carbocycles. The van der Waals surface area contributed by atoms with Crippen LogP contribution in [0.3, 0.4) is 0 Å². The highest BCUT2D eigenvalue weighted by Gasteiger charge is 2.13. The number of pyridine rings is 1. The lowest BCUT2D eigenvalue weighted by atomic mass is 10.0. The Morgan fingerprint density at radius 3 is 2.50 bits per heavy atom. The number of nitrogens with zero attached hydrogens (tertiary/aromatic N) is 1. The highest BCUT2D eigenvalue weighted by molar-refractivity contribution is 5.84. The SMILES string of the molecule is Oc1ccc(CC(O)c2nccc3ccccc23)cc1. The van der Waals surface area contributed by atoms with Crippen LogP contribution < -0.4 is 0 Å². The van der Waals surface area contributed by atoms with Crippen LogP contribution in [0.1, 0.15) is 17.4 Å². The lowest BCUT2D eigenvalue weighted by molar-refractivity contribution is 0.175. The molecule has 1 unspecified atom stereocenters. The number of phenols is 1. The van der Waals surface area contributed by atoms with Crippen molar-refractivity contribution in [2.24, 2.45) is 0 Å². The third kappa shape index (κ3) is 2.49. The monoisotopic (exact) mass is 265 g/mol. The second-order valence-electron chi connectivity index (χ2n) is 4.80. The number of rotatable bonds is 3. The largest absolute Gasteiger partial charge is 0.508 e. The van der Waals surface area contributed by atoms with Crippen molar-refractivity contribution in [3.63, 3.8) is 0 Å². The Labute approximate surface area is 117 Å². The number of hydrogen-bond acceptors (Lipinski definition) is 3. The average molecular weight is 265 g/mol. The van der Waals surface area contributed by atoms with E-state index < -0.39 is 6.10 Å². The minimum absolute atomic E-state index is 0.228. The first-order valence-corrected chi connectivity index (χ1v) is 6.53.